The van der Waals surface area contributed by atoms with Gasteiger partial charge in [-0.25, -0.2) is 0 Å². The van der Waals surface area contributed by atoms with E-state index in [-0.39, 0.29) is 13.8 Å². The van der Waals surface area contributed by atoms with Crippen LogP contribution >= 0.6 is 0 Å². The van der Waals surface area contributed by atoms with Gasteiger partial charge in [0.25, 0.3) is 17.5 Å². The lowest BCUT2D eigenvalue weighted by Crippen LogP contribution is -2.52. The number of nitro benzene ring substituents is 1. The first-order chi connectivity index (χ1) is 12.8. The Morgan fingerprint density at radius 2 is 1.34 bits per heavy atom. The second-order valence-electron chi connectivity index (χ2n) is 6.04. The predicted octanol–water partition coefficient (Wildman–Crippen LogP) is 2.10. The lowest BCUT2D eigenvalue weighted by molar-refractivity contribution is -0.383. The highest BCUT2D eigenvalue weighted by molar-refractivity contribution is 6.01. The monoisotopic (exact) mass is 433 g/mol. The quantitative estimate of drug-likeness (QED) is 0.318. The maximum atomic E-state index is 12.7. The van der Waals surface area contributed by atoms with Crippen LogP contribution in [0.15, 0.2) is 18.2 Å². The molecular weight excluding hydrogens is 420 g/mol. The number of carbonyl (C=O) groups is 2. The molecule has 15 heteroatoms. The van der Waals surface area contributed by atoms with E-state index in [9.17, 15) is 56.3 Å². The molecule has 0 saturated carbocycles. The standard InChI is InChI=1S/C14H13F6N3O6/c1-11(26,13(15,16)17)9(24)21-6-3-4-7(8(5-6)23(28)29)22-10(25)12(2,27)14(18,19)20/h3-5,26-27H,1-2H3,(H,21,24)(H,22,25). The van der Waals surface area contributed by atoms with Crippen LogP contribution in [0.5, 0.6) is 0 Å². The van der Waals surface area contributed by atoms with Gasteiger partial charge in [-0.1, -0.05) is 0 Å². The van der Waals surface area contributed by atoms with E-state index in [2.05, 4.69) is 0 Å². The highest BCUT2D eigenvalue weighted by Crippen LogP contribution is 2.35. The number of halogens is 6. The molecule has 0 aromatic heterocycles. The molecule has 2 atom stereocenters. The summed E-state index contributed by atoms with van der Waals surface area (Å²) < 4.78 is 75.8. The van der Waals surface area contributed by atoms with Crippen molar-refractivity contribution in [3.05, 3.63) is 28.3 Å². The summed E-state index contributed by atoms with van der Waals surface area (Å²) in [4.78, 5) is 33.1. The van der Waals surface area contributed by atoms with Crippen molar-refractivity contribution in [3.63, 3.8) is 0 Å². The van der Waals surface area contributed by atoms with Crippen LogP contribution in [0.4, 0.5) is 43.4 Å². The van der Waals surface area contributed by atoms with E-state index in [1.54, 1.807) is 5.32 Å². The summed E-state index contributed by atoms with van der Waals surface area (Å²) in [6, 6.07) is 1.76. The summed E-state index contributed by atoms with van der Waals surface area (Å²) in [5.41, 5.74) is -10.3. The number of hydrogen-bond donors (Lipinski definition) is 4. The Kier molecular flexibility index (Phi) is 6.21. The largest absolute Gasteiger partial charge is 0.426 e. The van der Waals surface area contributed by atoms with Gasteiger partial charge >= 0.3 is 12.4 Å². The maximum absolute atomic E-state index is 12.7. The zero-order chi connectivity index (χ0) is 23.0. The SMILES string of the molecule is CC(O)(C(=O)Nc1ccc(NC(=O)C(C)(O)C(F)(F)F)c([N+](=O)[O-])c1)C(F)(F)F. The highest BCUT2D eigenvalue weighted by Gasteiger charge is 2.56. The molecule has 0 fully saturated rings. The van der Waals surface area contributed by atoms with Crippen molar-refractivity contribution in [2.75, 3.05) is 10.6 Å². The van der Waals surface area contributed by atoms with E-state index < -0.39 is 57.4 Å². The molecule has 0 bridgehead atoms. The van der Waals surface area contributed by atoms with E-state index in [0.717, 1.165) is 6.07 Å². The predicted molar refractivity (Wildman–Crippen MR) is 83.7 cm³/mol. The number of hydrogen-bond acceptors (Lipinski definition) is 6. The lowest BCUT2D eigenvalue weighted by atomic mass is 10.0. The molecular formula is C14H13F6N3O6. The van der Waals surface area contributed by atoms with Crippen LogP contribution in [0.2, 0.25) is 0 Å². The second-order valence-corrected chi connectivity index (χ2v) is 6.04. The molecule has 162 valence electrons. The van der Waals surface area contributed by atoms with Crippen LogP contribution in [0, 0.1) is 10.1 Å². The Bertz CT molecular complexity index is 834. The van der Waals surface area contributed by atoms with Crippen LogP contribution in [0.1, 0.15) is 13.8 Å². The van der Waals surface area contributed by atoms with Gasteiger partial charge in [0, 0.05) is 11.8 Å². The van der Waals surface area contributed by atoms with Crippen LogP contribution in [0.3, 0.4) is 0 Å². The number of nitrogens with one attached hydrogen (secondary N) is 2. The summed E-state index contributed by atoms with van der Waals surface area (Å²) >= 11 is 0. The average Bonchev–Trinajstić information content (AvgIpc) is 2.53. The summed E-state index contributed by atoms with van der Waals surface area (Å²) in [5.74, 6) is -4.05. The summed E-state index contributed by atoms with van der Waals surface area (Å²) in [6.07, 6.45) is -10.8. The van der Waals surface area contributed by atoms with E-state index in [1.165, 1.54) is 5.32 Å². The third-order valence-corrected chi connectivity index (χ3v) is 3.69. The van der Waals surface area contributed by atoms with E-state index in [0.29, 0.717) is 12.1 Å². The first-order valence-electron chi connectivity index (χ1n) is 7.32. The molecule has 1 aromatic carbocycles. The lowest BCUT2D eigenvalue weighted by Gasteiger charge is -2.25. The molecule has 0 aliphatic rings. The van der Waals surface area contributed by atoms with Crippen molar-refractivity contribution in [2.24, 2.45) is 0 Å². The molecule has 0 aliphatic carbocycles. The molecule has 2 unspecified atom stereocenters. The minimum atomic E-state index is -5.41. The minimum Gasteiger partial charge on any atom is -0.373 e. The van der Waals surface area contributed by atoms with Crippen molar-refractivity contribution in [3.8, 4) is 0 Å². The van der Waals surface area contributed by atoms with Crippen LogP contribution in [-0.2, 0) is 9.59 Å². The number of nitrogens with zero attached hydrogens (tertiary/aromatic N) is 1. The Morgan fingerprint density at radius 3 is 1.72 bits per heavy atom. The third kappa shape index (κ3) is 4.92. The summed E-state index contributed by atoms with van der Waals surface area (Å²) in [7, 11) is 0. The molecule has 4 N–H and O–H groups in total. The molecule has 9 nitrogen and oxygen atoms in total. The van der Waals surface area contributed by atoms with Gasteiger partial charge in [-0.15, -0.1) is 0 Å². The molecule has 0 radical (unpaired) electrons. The molecule has 0 spiro atoms. The normalized spacial score (nSPS) is 16.3. The molecule has 29 heavy (non-hydrogen) atoms. The fourth-order valence-corrected chi connectivity index (χ4v) is 1.62. The van der Waals surface area contributed by atoms with E-state index >= 15 is 0 Å². The number of anilines is 2. The van der Waals surface area contributed by atoms with Crippen molar-refractivity contribution in [1.82, 2.24) is 0 Å². The number of nitro groups is 1. The molecule has 0 aliphatic heterocycles. The number of carbonyl (C=O) groups excluding carboxylic acids is 2. The fraction of sp³-hybridized carbons (Fsp3) is 0.429. The molecule has 0 saturated heterocycles. The Balaban J connectivity index is 3.21. The molecule has 0 heterocycles. The average molecular weight is 433 g/mol. The van der Waals surface area contributed by atoms with Gasteiger partial charge in [0.15, 0.2) is 0 Å². The number of alkyl halides is 6. The third-order valence-electron chi connectivity index (χ3n) is 3.69. The smallest absolute Gasteiger partial charge is 0.373 e. The first kappa shape index (κ1) is 24.1. The van der Waals surface area contributed by atoms with Gasteiger partial charge in [0.05, 0.1) is 4.92 Å². The van der Waals surface area contributed by atoms with Crippen LogP contribution in [-0.4, -0.2) is 50.5 Å². The van der Waals surface area contributed by atoms with Crippen molar-refractivity contribution < 1.29 is 51.1 Å². The van der Waals surface area contributed by atoms with Gasteiger partial charge in [0.2, 0.25) is 11.2 Å². The van der Waals surface area contributed by atoms with Crippen LogP contribution < -0.4 is 10.6 Å². The van der Waals surface area contributed by atoms with E-state index in [1.807, 2.05) is 0 Å². The number of amides is 2. The Morgan fingerprint density at radius 1 is 0.931 bits per heavy atom. The van der Waals surface area contributed by atoms with Gasteiger partial charge in [-0.05, 0) is 26.0 Å². The van der Waals surface area contributed by atoms with Gasteiger partial charge in [-0.2, -0.15) is 26.3 Å². The zero-order valence-corrected chi connectivity index (χ0v) is 14.5. The molecule has 1 rings (SSSR count). The molecule has 2 amide bonds. The maximum Gasteiger partial charge on any atom is 0.426 e. The van der Waals surface area contributed by atoms with Gasteiger partial charge in [-0.3, -0.25) is 19.7 Å². The minimum absolute atomic E-state index is 0.0992. The molecule has 1 aromatic rings. The summed E-state index contributed by atoms with van der Waals surface area (Å²) in [5, 5.41) is 32.6. The Labute approximate surface area is 157 Å². The number of benzene rings is 1. The van der Waals surface area contributed by atoms with E-state index in [4.69, 9.17) is 0 Å². The Hall–Kier alpha value is -2.94. The van der Waals surface area contributed by atoms with Crippen molar-refractivity contribution in [1.29, 1.82) is 0 Å². The van der Waals surface area contributed by atoms with Crippen molar-refractivity contribution in [2.45, 2.75) is 37.4 Å². The summed E-state index contributed by atoms with van der Waals surface area (Å²) in [6.45, 7) is 0.229. The fourth-order valence-electron chi connectivity index (χ4n) is 1.62. The van der Waals surface area contributed by atoms with Crippen molar-refractivity contribution >= 4 is 28.9 Å². The number of aliphatic hydroxyl groups is 2. The van der Waals surface area contributed by atoms with Gasteiger partial charge < -0.3 is 20.8 Å². The van der Waals surface area contributed by atoms with Gasteiger partial charge in [0.1, 0.15) is 5.69 Å². The second kappa shape index (κ2) is 7.47. The zero-order valence-electron chi connectivity index (χ0n) is 14.5. The highest BCUT2D eigenvalue weighted by atomic mass is 19.4. The topological polar surface area (TPSA) is 142 Å². The van der Waals surface area contributed by atoms with Crippen LogP contribution in [0.25, 0.3) is 0 Å². The number of rotatable bonds is 5. The first-order valence-corrected chi connectivity index (χ1v) is 7.32.